The molecule has 0 rings (SSSR count). The highest BCUT2D eigenvalue weighted by molar-refractivity contribution is 7.99. The van der Waals surface area contributed by atoms with Crippen LogP contribution in [-0.4, -0.2) is 23.7 Å². The van der Waals surface area contributed by atoms with Gasteiger partial charge in [-0.05, 0) is 18.6 Å². The summed E-state index contributed by atoms with van der Waals surface area (Å²) in [4.78, 5) is 0. The van der Waals surface area contributed by atoms with Crippen molar-refractivity contribution >= 4 is 11.8 Å². The van der Waals surface area contributed by atoms with Crippen molar-refractivity contribution in [2.75, 3.05) is 11.5 Å². The first-order valence-electron chi connectivity index (χ1n) is 4.35. The van der Waals surface area contributed by atoms with Crippen LogP contribution in [0.15, 0.2) is 0 Å². The van der Waals surface area contributed by atoms with Gasteiger partial charge in [-0.1, -0.05) is 6.92 Å². The monoisotopic (exact) mass is 215 g/mol. The predicted octanol–water partition coefficient (Wildman–Crippen LogP) is 2.80. The Hall–Kier alpha value is 0.100. The third-order valence-electron chi connectivity index (χ3n) is 1.48. The van der Waals surface area contributed by atoms with E-state index < -0.39 is 12.6 Å². The highest BCUT2D eigenvalue weighted by Crippen LogP contribution is 2.22. The Labute approximate surface area is 81.3 Å². The molecule has 0 saturated heterocycles. The van der Waals surface area contributed by atoms with Gasteiger partial charge >= 0.3 is 6.18 Å². The Morgan fingerprint density at radius 3 is 2.46 bits per heavy atom. The zero-order chi connectivity index (χ0) is 10.3. The molecule has 0 saturated carbocycles. The number of alkyl halides is 3. The average Bonchev–Trinajstić information content (AvgIpc) is 2.00. The van der Waals surface area contributed by atoms with Gasteiger partial charge in [0.15, 0.2) is 0 Å². The Morgan fingerprint density at radius 1 is 1.38 bits per heavy atom. The smallest absolute Gasteiger partial charge is 0.327 e. The number of hydrogen-bond acceptors (Lipinski definition) is 2. The zero-order valence-corrected chi connectivity index (χ0v) is 8.55. The fraction of sp³-hybridized carbons (Fsp3) is 1.00. The van der Waals surface area contributed by atoms with Gasteiger partial charge in [-0.3, -0.25) is 0 Å². The van der Waals surface area contributed by atoms with E-state index in [0.717, 1.165) is 12.2 Å². The van der Waals surface area contributed by atoms with Crippen LogP contribution in [0.4, 0.5) is 13.2 Å². The summed E-state index contributed by atoms with van der Waals surface area (Å²) in [6.07, 6.45) is -3.75. The van der Waals surface area contributed by atoms with Crippen molar-refractivity contribution in [3.05, 3.63) is 0 Å². The maximum Gasteiger partial charge on any atom is 0.389 e. The van der Waals surface area contributed by atoms with Gasteiger partial charge in [-0.2, -0.15) is 24.9 Å². The van der Waals surface area contributed by atoms with Gasteiger partial charge in [0.05, 0.1) is 0 Å². The molecule has 0 aromatic rings. The van der Waals surface area contributed by atoms with Crippen LogP contribution in [0.3, 0.4) is 0 Å². The van der Waals surface area contributed by atoms with Crippen molar-refractivity contribution < 1.29 is 13.2 Å². The summed E-state index contributed by atoms with van der Waals surface area (Å²) in [5.41, 5.74) is 5.50. The van der Waals surface area contributed by atoms with Crippen molar-refractivity contribution in [1.29, 1.82) is 0 Å². The molecule has 1 atom stereocenters. The lowest BCUT2D eigenvalue weighted by Crippen LogP contribution is -2.25. The number of halogens is 3. The van der Waals surface area contributed by atoms with Gasteiger partial charge < -0.3 is 5.73 Å². The quantitative estimate of drug-likeness (QED) is 0.689. The fourth-order valence-electron chi connectivity index (χ4n) is 0.811. The number of nitrogens with two attached hydrogens (primary N) is 1. The molecule has 5 heteroatoms. The molecule has 0 aromatic carbocycles. The minimum absolute atomic E-state index is 0.0419. The zero-order valence-electron chi connectivity index (χ0n) is 7.73. The van der Waals surface area contributed by atoms with Crippen molar-refractivity contribution in [1.82, 2.24) is 0 Å². The van der Waals surface area contributed by atoms with Crippen molar-refractivity contribution in [3.63, 3.8) is 0 Å². The lowest BCUT2D eigenvalue weighted by atomic mass is 10.2. The largest absolute Gasteiger partial charge is 0.389 e. The van der Waals surface area contributed by atoms with Crippen molar-refractivity contribution in [3.8, 4) is 0 Å². The van der Waals surface area contributed by atoms with Crippen LogP contribution < -0.4 is 5.73 Å². The van der Waals surface area contributed by atoms with Crippen LogP contribution >= 0.6 is 11.8 Å². The van der Waals surface area contributed by atoms with E-state index in [2.05, 4.69) is 0 Å². The second-order valence-corrected chi connectivity index (χ2v) is 4.14. The molecule has 0 bridgehead atoms. The van der Waals surface area contributed by atoms with Gasteiger partial charge in [0, 0.05) is 18.2 Å². The molecule has 0 amide bonds. The molecular formula is C8H16F3NS. The van der Waals surface area contributed by atoms with E-state index in [1.54, 1.807) is 11.8 Å². The molecule has 0 aliphatic rings. The summed E-state index contributed by atoms with van der Waals surface area (Å²) in [6, 6.07) is -0.321. The second kappa shape index (κ2) is 6.54. The predicted molar refractivity (Wildman–Crippen MR) is 50.9 cm³/mol. The SMILES string of the molecule is CCCSCC(N)CCC(F)(F)F. The van der Waals surface area contributed by atoms with E-state index in [0.29, 0.717) is 5.75 Å². The van der Waals surface area contributed by atoms with Crippen molar-refractivity contribution in [2.45, 2.75) is 38.4 Å². The van der Waals surface area contributed by atoms with Gasteiger partial charge in [-0.15, -0.1) is 0 Å². The Kier molecular flexibility index (Phi) is 6.59. The molecule has 0 aromatic heterocycles. The molecule has 0 heterocycles. The molecule has 80 valence electrons. The lowest BCUT2D eigenvalue weighted by Gasteiger charge is -2.12. The van der Waals surface area contributed by atoms with Gasteiger partial charge in [0.2, 0.25) is 0 Å². The summed E-state index contributed by atoms with van der Waals surface area (Å²) >= 11 is 1.62. The molecule has 0 aliphatic heterocycles. The van der Waals surface area contributed by atoms with E-state index in [4.69, 9.17) is 5.73 Å². The third-order valence-corrected chi connectivity index (χ3v) is 2.84. The summed E-state index contributed by atoms with van der Waals surface area (Å²) in [6.45, 7) is 2.04. The van der Waals surface area contributed by atoms with Gasteiger partial charge in [0.25, 0.3) is 0 Å². The van der Waals surface area contributed by atoms with E-state index >= 15 is 0 Å². The molecular weight excluding hydrogens is 199 g/mol. The molecule has 1 unspecified atom stereocenters. The number of hydrogen-bond donors (Lipinski definition) is 1. The maximum atomic E-state index is 11.7. The van der Waals surface area contributed by atoms with E-state index in [1.807, 2.05) is 6.92 Å². The normalized spacial score (nSPS) is 14.5. The van der Waals surface area contributed by atoms with E-state index in [1.165, 1.54) is 0 Å². The van der Waals surface area contributed by atoms with Crippen LogP contribution in [0, 0.1) is 0 Å². The van der Waals surface area contributed by atoms with Crippen LogP contribution in [0.2, 0.25) is 0 Å². The first kappa shape index (κ1) is 13.1. The molecule has 0 spiro atoms. The second-order valence-electron chi connectivity index (χ2n) is 2.99. The van der Waals surface area contributed by atoms with E-state index in [9.17, 15) is 13.2 Å². The third kappa shape index (κ3) is 10.0. The standard InChI is InChI=1S/C8H16F3NS/c1-2-5-13-6-7(12)3-4-8(9,10)11/h7H,2-6,12H2,1H3. The molecule has 0 fully saturated rings. The lowest BCUT2D eigenvalue weighted by molar-refractivity contribution is -0.136. The molecule has 2 N–H and O–H groups in total. The maximum absolute atomic E-state index is 11.7. The first-order valence-corrected chi connectivity index (χ1v) is 5.51. The summed E-state index contributed by atoms with van der Waals surface area (Å²) < 4.78 is 35.2. The molecule has 1 nitrogen and oxygen atoms in total. The summed E-state index contributed by atoms with van der Waals surface area (Å²) in [7, 11) is 0. The Balaban J connectivity index is 3.35. The number of rotatable bonds is 6. The first-order chi connectivity index (χ1) is 5.95. The molecule has 0 radical (unpaired) electrons. The van der Waals surface area contributed by atoms with Gasteiger partial charge in [-0.25, -0.2) is 0 Å². The fourth-order valence-corrected chi connectivity index (χ4v) is 1.74. The molecule has 0 aliphatic carbocycles. The topological polar surface area (TPSA) is 26.0 Å². The Bertz CT molecular complexity index is 127. The van der Waals surface area contributed by atoms with E-state index in [-0.39, 0.29) is 12.5 Å². The highest BCUT2D eigenvalue weighted by Gasteiger charge is 2.27. The average molecular weight is 215 g/mol. The van der Waals surface area contributed by atoms with Crippen LogP contribution in [0.25, 0.3) is 0 Å². The van der Waals surface area contributed by atoms with Crippen LogP contribution in [-0.2, 0) is 0 Å². The van der Waals surface area contributed by atoms with Crippen molar-refractivity contribution in [2.24, 2.45) is 5.73 Å². The van der Waals surface area contributed by atoms with Gasteiger partial charge in [0.1, 0.15) is 0 Å². The minimum atomic E-state index is -4.06. The molecule has 13 heavy (non-hydrogen) atoms. The minimum Gasteiger partial charge on any atom is -0.327 e. The van der Waals surface area contributed by atoms with Crippen LogP contribution in [0.5, 0.6) is 0 Å². The van der Waals surface area contributed by atoms with Crippen LogP contribution in [0.1, 0.15) is 26.2 Å². The Morgan fingerprint density at radius 2 is 2.00 bits per heavy atom. The highest BCUT2D eigenvalue weighted by atomic mass is 32.2. The number of thioether (sulfide) groups is 1. The summed E-state index contributed by atoms with van der Waals surface area (Å²) in [5.74, 6) is 1.60. The summed E-state index contributed by atoms with van der Waals surface area (Å²) in [5, 5.41) is 0.